The average molecular weight is 275 g/mol. The zero-order valence-electron chi connectivity index (χ0n) is 10.2. The number of aliphatic hydroxyl groups is 1. The van der Waals surface area contributed by atoms with E-state index in [4.69, 9.17) is 5.11 Å². The Labute approximate surface area is 115 Å². The van der Waals surface area contributed by atoms with Crippen LogP contribution in [-0.4, -0.2) is 10.0 Å². The molecule has 0 atom stereocenters. The fourth-order valence-corrected chi connectivity index (χ4v) is 2.68. The summed E-state index contributed by atoms with van der Waals surface area (Å²) in [7, 11) is 0. The second kappa shape index (κ2) is 6.36. The summed E-state index contributed by atoms with van der Waals surface area (Å²) >= 11 is 1.52. The number of aliphatic hydroxyl groups excluding tert-OH is 1. The van der Waals surface area contributed by atoms with Gasteiger partial charge in [0.15, 0.2) is 0 Å². The molecule has 0 aliphatic heterocycles. The molecule has 2 aromatic rings. The highest BCUT2D eigenvalue weighted by molar-refractivity contribution is 7.98. The predicted molar refractivity (Wildman–Crippen MR) is 75.0 cm³/mol. The SMILES string of the molecule is O=[N+]([O-])c1ccccc1CSc1cccc(CO)c1. The summed E-state index contributed by atoms with van der Waals surface area (Å²) in [5, 5.41) is 20.0. The van der Waals surface area contributed by atoms with Crippen molar-refractivity contribution in [3.63, 3.8) is 0 Å². The highest BCUT2D eigenvalue weighted by Crippen LogP contribution is 2.28. The van der Waals surface area contributed by atoms with Gasteiger partial charge in [0.05, 0.1) is 11.5 Å². The Hall–Kier alpha value is -1.85. The van der Waals surface area contributed by atoms with Crippen molar-refractivity contribution in [2.75, 3.05) is 0 Å². The van der Waals surface area contributed by atoms with Crippen molar-refractivity contribution >= 4 is 17.4 Å². The van der Waals surface area contributed by atoms with Crippen molar-refractivity contribution < 1.29 is 10.0 Å². The standard InChI is InChI=1S/C14H13NO3S/c16-9-11-4-3-6-13(8-11)19-10-12-5-1-2-7-14(12)15(17)18/h1-8,16H,9-10H2. The van der Waals surface area contributed by atoms with Crippen LogP contribution in [0.2, 0.25) is 0 Å². The first kappa shape index (κ1) is 13.6. The van der Waals surface area contributed by atoms with E-state index in [1.807, 2.05) is 24.3 Å². The van der Waals surface area contributed by atoms with Crippen LogP contribution in [-0.2, 0) is 12.4 Å². The number of nitro groups is 1. The third kappa shape index (κ3) is 3.56. The molecule has 0 fully saturated rings. The Bertz CT molecular complexity index is 586. The van der Waals surface area contributed by atoms with Gasteiger partial charge in [-0.15, -0.1) is 11.8 Å². The van der Waals surface area contributed by atoms with Crippen LogP contribution >= 0.6 is 11.8 Å². The van der Waals surface area contributed by atoms with Gasteiger partial charge in [0.2, 0.25) is 0 Å². The summed E-state index contributed by atoms with van der Waals surface area (Å²) in [6.45, 7) is -0.000114. The highest BCUT2D eigenvalue weighted by atomic mass is 32.2. The van der Waals surface area contributed by atoms with Gasteiger partial charge < -0.3 is 5.11 Å². The van der Waals surface area contributed by atoms with Crippen LogP contribution in [0.1, 0.15) is 11.1 Å². The maximum absolute atomic E-state index is 10.9. The first-order chi connectivity index (χ1) is 9.20. The molecule has 0 aliphatic rings. The zero-order chi connectivity index (χ0) is 13.7. The summed E-state index contributed by atoms with van der Waals surface area (Å²) in [5.41, 5.74) is 1.69. The number of nitrogens with zero attached hydrogens (tertiary/aromatic N) is 1. The van der Waals surface area contributed by atoms with Crippen molar-refractivity contribution in [1.82, 2.24) is 0 Å². The maximum Gasteiger partial charge on any atom is 0.273 e. The van der Waals surface area contributed by atoms with Gasteiger partial charge in [0.1, 0.15) is 0 Å². The molecule has 0 saturated heterocycles. The molecule has 5 heteroatoms. The second-order valence-corrected chi connectivity index (χ2v) is 5.03. The normalized spacial score (nSPS) is 10.4. The molecule has 0 aromatic heterocycles. The molecule has 0 amide bonds. The summed E-state index contributed by atoms with van der Waals surface area (Å²) < 4.78 is 0. The molecule has 0 bridgehead atoms. The largest absolute Gasteiger partial charge is 0.392 e. The van der Waals surface area contributed by atoms with Crippen LogP contribution in [0.5, 0.6) is 0 Å². The van der Waals surface area contributed by atoms with Crippen LogP contribution < -0.4 is 0 Å². The fourth-order valence-electron chi connectivity index (χ4n) is 1.71. The van der Waals surface area contributed by atoms with Crippen molar-refractivity contribution in [2.45, 2.75) is 17.3 Å². The first-order valence-corrected chi connectivity index (χ1v) is 6.74. The quantitative estimate of drug-likeness (QED) is 0.516. The van der Waals surface area contributed by atoms with Crippen LogP contribution in [0.15, 0.2) is 53.4 Å². The van der Waals surface area contributed by atoms with Gasteiger partial charge in [0, 0.05) is 22.3 Å². The van der Waals surface area contributed by atoms with Gasteiger partial charge in [-0.2, -0.15) is 0 Å². The Morgan fingerprint density at radius 2 is 1.95 bits per heavy atom. The van der Waals surface area contributed by atoms with E-state index < -0.39 is 0 Å². The minimum Gasteiger partial charge on any atom is -0.392 e. The Morgan fingerprint density at radius 1 is 1.16 bits per heavy atom. The molecular formula is C14H13NO3S. The minimum atomic E-state index is -0.361. The number of nitro benzene ring substituents is 1. The molecule has 0 heterocycles. The smallest absolute Gasteiger partial charge is 0.273 e. The van der Waals surface area contributed by atoms with Crippen LogP contribution in [0.4, 0.5) is 5.69 Å². The Balaban J connectivity index is 2.12. The van der Waals surface area contributed by atoms with E-state index in [0.29, 0.717) is 11.3 Å². The fraction of sp³-hybridized carbons (Fsp3) is 0.143. The molecule has 0 spiro atoms. The molecule has 2 aromatic carbocycles. The van der Waals surface area contributed by atoms with E-state index in [2.05, 4.69) is 0 Å². The summed E-state index contributed by atoms with van der Waals surface area (Å²) in [6.07, 6.45) is 0. The Kier molecular flexibility index (Phi) is 4.54. The molecule has 98 valence electrons. The summed E-state index contributed by atoms with van der Waals surface area (Å²) in [6, 6.07) is 14.3. The molecule has 0 radical (unpaired) electrons. The van der Waals surface area contributed by atoms with Gasteiger partial charge in [-0.3, -0.25) is 10.1 Å². The van der Waals surface area contributed by atoms with Crippen molar-refractivity contribution in [2.24, 2.45) is 0 Å². The van der Waals surface area contributed by atoms with Crippen LogP contribution in [0.25, 0.3) is 0 Å². The van der Waals surface area contributed by atoms with E-state index in [-0.39, 0.29) is 17.2 Å². The lowest BCUT2D eigenvalue weighted by Gasteiger charge is -2.04. The summed E-state index contributed by atoms with van der Waals surface area (Å²) in [4.78, 5) is 11.5. The zero-order valence-corrected chi connectivity index (χ0v) is 11.0. The predicted octanol–water partition coefficient (Wildman–Crippen LogP) is 3.38. The van der Waals surface area contributed by atoms with Crippen LogP contribution in [0.3, 0.4) is 0 Å². The van der Waals surface area contributed by atoms with E-state index in [9.17, 15) is 10.1 Å². The van der Waals surface area contributed by atoms with Gasteiger partial charge in [0.25, 0.3) is 5.69 Å². The second-order valence-electron chi connectivity index (χ2n) is 3.98. The molecule has 0 saturated carbocycles. The van der Waals surface area contributed by atoms with Crippen molar-refractivity contribution in [3.05, 3.63) is 69.8 Å². The number of hydrogen-bond acceptors (Lipinski definition) is 4. The van der Waals surface area contributed by atoms with Crippen molar-refractivity contribution in [3.8, 4) is 0 Å². The minimum absolute atomic E-state index is 0.000114. The lowest BCUT2D eigenvalue weighted by Crippen LogP contribution is -1.93. The van der Waals surface area contributed by atoms with E-state index in [1.54, 1.807) is 18.2 Å². The molecule has 2 rings (SSSR count). The van der Waals surface area contributed by atoms with E-state index in [1.165, 1.54) is 17.8 Å². The summed E-state index contributed by atoms with van der Waals surface area (Å²) in [5.74, 6) is 0.534. The monoisotopic (exact) mass is 275 g/mol. The van der Waals surface area contributed by atoms with Gasteiger partial charge in [-0.1, -0.05) is 30.3 Å². The molecule has 0 aliphatic carbocycles. The number of rotatable bonds is 5. The third-order valence-corrected chi connectivity index (χ3v) is 3.71. The molecule has 0 unspecified atom stereocenters. The molecule has 19 heavy (non-hydrogen) atoms. The maximum atomic E-state index is 10.9. The highest BCUT2D eigenvalue weighted by Gasteiger charge is 2.12. The Morgan fingerprint density at radius 3 is 2.68 bits per heavy atom. The van der Waals surface area contributed by atoms with Gasteiger partial charge >= 0.3 is 0 Å². The number of para-hydroxylation sites is 1. The number of hydrogen-bond donors (Lipinski definition) is 1. The third-order valence-electron chi connectivity index (χ3n) is 2.66. The topological polar surface area (TPSA) is 63.4 Å². The van der Waals surface area contributed by atoms with Crippen molar-refractivity contribution in [1.29, 1.82) is 0 Å². The van der Waals surface area contributed by atoms with Gasteiger partial charge in [-0.05, 0) is 17.7 Å². The molecule has 4 nitrogen and oxygen atoms in total. The lowest BCUT2D eigenvalue weighted by atomic mass is 10.2. The van der Waals surface area contributed by atoms with E-state index in [0.717, 1.165) is 10.5 Å². The number of benzene rings is 2. The van der Waals surface area contributed by atoms with E-state index >= 15 is 0 Å². The average Bonchev–Trinajstić information content (AvgIpc) is 2.45. The van der Waals surface area contributed by atoms with Crippen LogP contribution in [0, 0.1) is 10.1 Å². The lowest BCUT2D eigenvalue weighted by molar-refractivity contribution is -0.385. The van der Waals surface area contributed by atoms with Gasteiger partial charge in [-0.25, -0.2) is 0 Å². The molecular weight excluding hydrogens is 262 g/mol. The first-order valence-electron chi connectivity index (χ1n) is 5.75. The molecule has 1 N–H and O–H groups in total. The number of thioether (sulfide) groups is 1.